The molecule has 0 aliphatic carbocycles. The number of nitrogens with zero attached hydrogens (tertiary/aromatic N) is 1. The third-order valence-electron chi connectivity index (χ3n) is 4.55. The number of hydrogen-bond donors (Lipinski definition) is 3. The molecule has 180 valence electrons. The Kier molecular flexibility index (Phi) is 8.78. The Morgan fingerprint density at radius 1 is 0.800 bits per heavy atom. The van der Waals surface area contributed by atoms with Crippen LogP contribution in [-0.4, -0.2) is 44.8 Å². The molecule has 0 heterocycles. The van der Waals surface area contributed by atoms with Crippen molar-refractivity contribution < 1.29 is 28.6 Å². The Balaban J connectivity index is 1.53. The van der Waals surface area contributed by atoms with Crippen molar-refractivity contribution in [3.63, 3.8) is 0 Å². The van der Waals surface area contributed by atoms with Crippen molar-refractivity contribution in [3.05, 3.63) is 78.4 Å². The minimum Gasteiger partial charge on any atom is -0.495 e. The molecule has 0 aromatic heterocycles. The van der Waals surface area contributed by atoms with Crippen LogP contribution in [-0.2, 0) is 14.4 Å². The van der Waals surface area contributed by atoms with E-state index < -0.39 is 11.8 Å². The van der Waals surface area contributed by atoms with Crippen molar-refractivity contribution >= 4 is 35.3 Å². The number of nitrogens with one attached hydrogen (secondary N) is 3. The molecule has 0 saturated carbocycles. The number of methoxy groups -OCH3 is 2. The summed E-state index contributed by atoms with van der Waals surface area (Å²) in [6, 6.07) is 20.6. The molecule has 0 fully saturated rings. The van der Waals surface area contributed by atoms with Gasteiger partial charge < -0.3 is 24.8 Å². The van der Waals surface area contributed by atoms with Crippen LogP contribution < -0.4 is 30.3 Å². The predicted octanol–water partition coefficient (Wildman–Crippen LogP) is 2.81. The highest BCUT2D eigenvalue weighted by molar-refractivity contribution is 6.39. The SMILES string of the molecule is COc1ccccc1NC(=O)C(=O)N/N=C\c1ccc(OCC(=O)Nc2ccccc2)c(OC)c1. The zero-order chi connectivity index (χ0) is 25.0. The molecule has 0 atom stereocenters. The largest absolute Gasteiger partial charge is 0.495 e. The third kappa shape index (κ3) is 7.32. The van der Waals surface area contributed by atoms with Crippen LogP contribution in [0.3, 0.4) is 0 Å². The summed E-state index contributed by atoms with van der Waals surface area (Å²) >= 11 is 0. The fourth-order valence-corrected chi connectivity index (χ4v) is 2.89. The number of carbonyl (C=O) groups excluding carboxylic acids is 3. The average Bonchev–Trinajstić information content (AvgIpc) is 2.88. The first-order valence-corrected chi connectivity index (χ1v) is 10.4. The fraction of sp³-hybridized carbons (Fsp3) is 0.120. The molecule has 10 heteroatoms. The van der Waals surface area contributed by atoms with Crippen LogP contribution >= 0.6 is 0 Å². The first-order valence-electron chi connectivity index (χ1n) is 10.4. The van der Waals surface area contributed by atoms with E-state index in [-0.39, 0.29) is 12.5 Å². The second kappa shape index (κ2) is 12.4. The van der Waals surface area contributed by atoms with Gasteiger partial charge in [0.1, 0.15) is 5.75 Å². The zero-order valence-corrected chi connectivity index (χ0v) is 19.1. The summed E-state index contributed by atoms with van der Waals surface area (Å²) in [5.41, 5.74) is 3.74. The first-order chi connectivity index (χ1) is 17.0. The molecule has 0 aliphatic rings. The van der Waals surface area contributed by atoms with E-state index in [2.05, 4.69) is 21.2 Å². The van der Waals surface area contributed by atoms with Crippen LogP contribution in [0.2, 0.25) is 0 Å². The Labute approximate surface area is 201 Å². The van der Waals surface area contributed by atoms with Crippen molar-refractivity contribution in [1.29, 1.82) is 0 Å². The molecule has 0 bridgehead atoms. The smallest absolute Gasteiger partial charge is 0.329 e. The molecule has 35 heavy (non-hydrogen) atoms. The number of hydrogen-bond acceptors (Lipinski definition) is 7. The summed E-state index contributed by atoms with van der Waals surface area (Å²) in [5.74, 6) is -1.04. The maximum atomic E-state index is 12.1. The highest BCUT2D eigenvalue weighted by atomic mass is 16.5. The molecular formula is C25H24N4O6. The molecule has 0 aliphatic heterocycles. The normalized spacial score (nSPS) is 10.3. The van der Waals surface area contributed by atoms with Gasteiger partial charge in [0.25, 0.3) is 5.91 Å². The van der Waals surface area contributed by atoms with Crippen LogP contribution in [0.4, 0.5) is 11.4 Å². The van der Waals surface area contributed by atoms with Crippen molar-refractivity contribution in [2.75, 3.05) is 31.5 Å². The van der Waals surface area contributed by atoms with Gasteiger partial charge in [0.2, 0.25) is 0 Å². The minimum atomic E-state index is -0.955. The summed E-state index contributed by atoms with van der Waals surface area (Å²) in [5, 5.41) is 8.98. The molecule has 10 nitrogen and oxygen atoms in total. The van der Waals surface area contributed by atoms with Gasteiger partial charge in [-0.25, -0.2) is 5.43 Å². The monoisotopic (exact) mass is 476 g/mol. The van der Waals surface area contributed by atoms with E-state index in [1.165, 1.54) is 20.4 Å². The second-order valence-electron chi connectivity index (χ2n) is 6.97. The molecule has 0 unspecified atom stereocenters. The lowest BCUT2D eigenvalue weighted by atomic mass is 10.2. The third-order valence-corrected chi connectivity index (χ3v) is 4.55. The van der Waals surface area contributed by atoms with Gasteiger partial charge in [-0.1, -0.05) is 30.3 Å². The molecule has 3 amide bonds. The van der Waals surface area contributed by atoms with Crippen LogP contribution in [0.1, 0.15) is 5.56 Å². The van der Waals surface area contributed by atoms with Gasteiger partial charge in [-0.2, -0.15) is 5.10 Å². The Morgan fingerprint density at radius 3 is 2.26 bits per heavy atom. The van der Waals surface area contributed by atoms with Crippen molar-refractivity contribution in [2.24, 2.45) is 5.10 Å². The molecule has 0 radical (unpaired) electrons. The highest BCUT2D eigenvalue weighted by Gasteiger charge is 2.15. The predicted molar refractivity (Wildman–Crippen MR) is 131 cm³/mol. The molecule has 3 aromatic carbocycles. The fourth-order valence-electron chi connectivity index (χ4n) is 2.89. The van der Waals surface area contributed by atoms with E-state index in [1.54, 1.807) is 54.6 Å². The minimum absolute atomic E-state index is 0.212. The second-order valence-corrected chi connectivity index (χ2v) is 6.97. The van der Waals surface area contributed by atoms with E-state index in [0.29, 0.717) is 34.2 Å². The first kappa shape index (κ1) is 24.8. The Bertz CT molecular complexity index is 1210. The maximum Gasteiger partial charge on any atom is 0.329 e. The number of hydrazone groups is 1. The quantitative estimate of drug-likeness (QED) is 0.248. The van der Waals surface area contributed by atoms with Crippen molar-refractivity contribution in [1.82, 2.24) is 5.43 Å². The molecule has 3 rings (SSSR count). The average molecular weight is 476 g/mol. The molecule has 0 saturated heterocycles. The van der Waals surface area contributed by atoms with E-state index in [0.717, 1.165) is 0 Å². The van der Waals surface area contributed by atoms with Crippen LogP contribution in [0.5, 0.6) is 17.2 Å². The van der Waals surface area contributed by atoms with Gasteiger partial charge in [0, 0.05) is 5.69 Å². The van der Waals surface area contributed by atoms with Gasteiger partial charge >= 0.3 is 11.8 Å². The molecule has 3 aromatic rings. The summed E-state index contributed by atoms with van der Waals surface area (Å²) in [4.78, 5) is 36.2. The van der Waals surface area contributed by atoms with Gasteiger partial charge in [0.15, 0.2) is 18.1 Å². The van der Waals surface area contributed by atoms with Gasteiger partial charge in [0.05, 0.1) is 26.1 Å². The number of anilines is 2. The number of carbonyl (C=O) groups is 3. The lowest BCUT2D eigenvalue weighted by Gasteiger charge is -2.11. The Morgan fingerprint density at radius 2 is 1.51 bits per heavy atom. The number of para-hydroxylation sites is 3. The topological polar surface area (TPSA) is 127 Å². The summed E-state index contributed by atoms with van der Waals surface area (Å²) in [6.07, 6.45) is 1.34. The van der Waals surface area contributed by atoms with E-state index in [9.17, 15) is 14.4 Å². The van der Waals surface area contributed by atoms with E-state index >= 15 is 0 Å². The van der Waals surface area contributed by atoms with Crippen molar-refractivity contribution in [2.45, 2.75) is 0 Å². The standard InChI is InChI=1S/C25H24N4O6/c1-33-20-11-7-6-10-19(20)28-24(31)25(32)29-26-15-17-12-13-21(22(14-17)34-2)35-16-23(30)27-18-8-4-3-5-9-18/h3-15H,16H2,1-2H3,(H,27,30)(H,28,31)(H,29,32)/b26-15-. The zero-order valence-electron chi connectivity index (χ0n) is 19.1. The highest BCUT2D eigenvalue weighted by Crippen LogP contribution is 2.27. The lowest BCUT2D eigenvalue weighted by molar-refractivity contribution is -0.136. The van der Waals surface area contributed by atoms with E-state index in [1.807, 2.05) is 18.2 Å². The summed E-state index contributed by atoms with van der Waals surface area (Å²) < 4.78 is 16.0. The number of amides is 3. The maximum absolute atomic E-state index is 12.1. The van der Waals surface area contributed by atoms with Gasteiger partial charge in [-0.05, 0) is 48.0 Å². The Hall–Kier alpha value is -4.86. The van der Waals surface area contributed by atoms with Crippen LogP contribution in [0.15, 0.2) is 77.9 Å². The van der Waals surface area contributed by atoms with Crippen molar-refractivity contribution in [3.8, 4) is 17.2 Å². The van der Waals surface area contributed by atoms with Crippen LogP contribution in [0.25, 0.3) is 0 Å². The lowest BCUT2D eigenvalue weighted by Crippen LogP contribution is -2.32. The molecular weight excluding hydrogens is 452 g/mol. The number of benzene rings is 3. The summed E-state index contributed by atoms with van der Waals surface area (Å²) in [6.45, 7) is -0.212. The van der Waals surface area contributed by atoms with Crippen LogP contribution in [0, 0.1) is 0 Å². The van der Waals surface area contributed by atoms with Gasteiger partial charge in [-0.3, -0.25) is 14.4 Å². The number of rotatable bonds is 9. The number of ether oxygens (including phenoxy) is 3. The van der Waals surface area contributed by atoms with E-state index in [4.69, 9.17) is 14.2 Å². The summed E-state index contributed by atoms with van der Waals surface area (Å²) in [7, 11) is 2.91. The van der Waals surface area contributed by atoms with Gasteiger partial charge in [-0.15, -0.1) is 0 Å². The molecule has 0 spiro atoms. The molecule has 3 N–H and O–H groups in total.